The van der Waals surface area contributed by atoms with Crippen LogP contribution in [0.3, 0.4) is 0 Å². The van der Waals surface area contributed by atoms with Gasteiger partial charge in [-0.1, -0.05) is 30.3 Å². The van der Waals surface area contributed by atoms with E-state index in [2.05, 4.69) is 86.3 Å². The van der Waals surface area contributed by atoms with Crippen molar-refractivity contribution in [2.24, 2.45) is 0 Å². The number of anilines is 1. The molecule has 1 nitrogen and oxygen atoms in total. The average Bonchev–Trinajstić information content (AvgIpc) is 2.46. The zero-order valence-corrected chi connectivity index (χ0v) is 14.9. The first-order valence-electron chi connectivity index (χ1n) is 7.01. The van der Waals surface area contributed by atoms with Crippen molar-refractivity contribution < 1.29 is 0 Å². The Hall–Kier alpha value is -0.550. The molecule has 0 aromatic heterocycles. The van der Waals surface area contributed by atoms with Gasteiger partial charge in [0, 0.05) is 14.1 Å². The molecular formula is C17H17BrIN. The van der Waals surface area contributed by atoms with Crippen molar-refractivity contribution >= 4 is 44.2 Å². The first-order valence-corrected chi connectivity index (χ1v) is 8.88. The normalized spacial score (nSPS) is 17.4. The highest BCUT2D eigenvalue weighted by Crippen LogP contribution is 2.34. The highest BCUT2D eigenvalue weighted by atomic mass is 127. The van der Waals surface area contributed by atoms with Gasteiger partial charge < -0.3 is 5.32 Å². The van der Waals surface area contributed by atoms with E-state index in [0.29, 0.717) is 6.04 Å². The first-order chi connectivity index (χ1) is 9.72. The molecule has 3 rings (SSSR count). The molecule has 0 fully saturated rings. The molecular weight excluding hydrogens is 425 g/mol. The molecule has 0 saturated carbocycles. The number of nitrogens with one attached hydrogen (secondary N) is 1. The highest BCUT2D eigenvalue weighted by Gasteiger charge is 2.19. The van der Waals surface area contributed by atoms with Crippen LogP contribution in [0.2, 0.25) is 0 Å². The van der Waals surface area contributed by atoms with E-state index in [9.17, 15) is 0 Å². The molecule has 0 aliphatic carbocycles. The maximum atomic E-state index is 3.71. The fourth-order valence-corrected chi connectivity index (χ4v) is 4.52. The fraction of sp³-hybridized carbons (Fsp3) is 0.294. The Morgan fingerprint density at radius 3 is 2.80 bits per heavy atom. The van der Waals surface area contributed by atoms with Crippen molar-refractivity contribution in [3.05, 3.63) is 61.6 Å². The van der Waals surface area contributed by atoms with Crippen LogP contribution in [0.4, 0.5) is 5.69 Å². The topological polar surface area (TPSA) is 12.0 Å². The van der Waals surface area contributed by atoms with Crippen LogP contribution in [-0.4, -0.2) is 6.04 Å². The molecule has 2 aromatic rings. The number of rotatable bonds is 3. The fourth-order valence-electron chi connectivity index (χ4n) is 2.79. The lowest BCUT2D eigenvalue weighted by Gasteiger charge is -2.28. The lowest BCUT2D eigenvalue weighted by Crippen LogP contribution is -2.26. The molecule has 0 bridgehead atoms. The number of aryl methyl sites for hydroxylation is 2. The summed E-state index contributed by atoms with van der Waals surface area (Å²) >= 11 is 6.07. The molecule has 20 heavy (non-hydrogen) atoms. The molecule has 0 radical (unpaired) electrons. The van der Waals surface area contributed by atoms with Gasteiger partial charge in [0.2, 0.25) is 0 Å². The lowest BCUT2D eigenvalue weighted by molar-refractivity contribution is 0.586. The van der Waals surface area contributed by atoms with Gasteiger partial charge in [0.15, 0.2) is 0 Å². The van der Waals surface area contributed by atoms with Gasteiger partial charge in [-0.15, -0.1) is 0 Å². The van der Waals surface area contributed by atoms with Crippen molar-refractivity contribution in [2.75, 3.05) is 5.32 Å². The van der Waals surface area contributed by atoms with Crippen molar-refractivity contribution in [1.82, 2.24) is 0 Å². The Morgan fingerprint density at radius 1 is 1.20 bits per heavy atom. The van der Waals surface area contributed by atoms with E-state index < -0.39 is 0 Å². The number of benzene rings is 2. The van der Waals surface area contributed by atoms with Gasteiger partial charge >= 0.3 is 0 Å². The minimum atomic E-state index is 0.582. The summed E-state index contributed by atoms with van der Waals surface area (Å²) in [7, 11) is 0. The molecule has 1 aliphatic rings. The second kappa shape index (κ2) is 6.48. The third-order valence-electron chi connectivity index (χ3n) is 3.87. The Balaban J connectivity index is 1.67. The summed E-state index contributed by atoms with van der Waals surface area (Å²) in [5.74, 6) is 0. The minimum Gasteiger partial charge on any atom is -0.381 e. The van der Waals surface area contributed by atoms with Gasteiger partial charge in [-0.2, -0.15) is 0 Å². The summed E-state index contributed by atoms with van der Waals surface area (Å²) in [6.07, 6.45) is 4.75. The van der Waals surface area contributed by atoms with Gasteiger partial charge in [0.05, 0.1) is 5.69 Å². The summed E-state index contributed by atoms with van der Waals surface area (Å²) in [6, 6.07) is 15.8. The van der Waals surface area contributed by atoms with E-state index >= 15 is 0 Å². The second-order valence-electron chi connectivity index (χ2n) is 5.33. The maximum absolute atomic E-state index is 3.71. The van der Waals surface area contributed by atoms with Crippen LogP contribution in [0.1, 0.15) is 24.0 Å². The van der Waals surface area contributed by atoms with Crippen molar-refractivity contribution in [3.8, 4) is 0 Å². The van der Waals surface area contributed by atoms with Gasteiger partial charge in [-0.05, 0) is 87.5 Å². The van der Waals surface area contributed by atoms with Crippen LogP contribution in [-0.2, 0) is 12.8 Å². The van der Waals surface area contributed by atoms with Crippen molar-refractivity contribution in [2.45, 2.75) is 31.7 Å². The Bertz CT molecular complexity index is 597. The Labute approximate surface area is 142 Å². The van der Waals surface area contributed by atoms with Crippen molar-refractivity contribution in [1.29, 1.82) is 0 Å². The Morgan fingerprint density at radius 2 is 2.00 bits per heavy atom. The second-order valence-corrected chi connectivity index (χ2v) is 7.43. The standard InChI is InChI=1S/C17H17BrIN/c18-16-11-14(19)10-13-7-9-15(20-17(13)16)8-6-12-4-2-1-3-5-12/h1-5,10-11,15,20H,6-9H2. The largest absolute Gasteiger partial charge is 0.381 e. The van der Waals surface area contributed by atoms with Crippen LogP contribution in [0.25, 0.3) is 0 Å². The number of hydrogen-bond acceptors (Lipinski definition) is 1. The smallest absolute Gasteiger partial charge is 0.0520 e. The van der Waals surface area contributed by atoms with Gasteiger partial charge in [-0.25, -0.2) is 0 Å². The predicted molar refractivity (Wildman–Crippen MR) is 97.4 cm³/mol. The van der Waals surface area contributed by atoms with Crippen molar-refractivity contribution in [3.63, 3.8) is 0 Å². The third-order valence-corrected chi connectivity index (χ3v) is 5.12. The summed E-state index contributed by atoms with van der Waals surface area (Å²) < 4.78 is 2.50. The zero-order chi connectivity index (χ0) is 13.9. The molecule has 104 valence electrons. The van der Waals surface area contributed by atoms with E-state index in [-0.39, 0.29) is 0 Å². The SMILES string of the molecule is Brc1cc(I)cc2c1NC(CCc1ccccc1)CC2. The molecule has 1 unspecified atom stereocenters. The Kier molecular flexibility index (Phi) is 4.66. The van der Waals surface area contributed by atoms with Crippen LogP contribution in [0, 0.1) is 3.57 Å². The zero-order valence-electron chi connectivity index (χ0n) is 11.2. The van der Waals surface area contributed by atoms with Crippen LogP contribution in [0.5, 0.6) is 0 Å². The number of halogens is 2. The van der Waals surface area contributed by atoms with Crippen LogP contribution >= 0.6 is 38.5 Å². The van der Waals surface area contributed by atoms with E-state index in [1.807, 2.05) is 0 Å². The molecule has 2 aromatic carbocycles. The summed E-state index contributed by atoms with van der Waals surface area (Å²) in [6.45, 7) is 0. The molecule has 0 saturated heterocycles. The highest BCUT2D eigenvalue weighted by molar-refractivity contribution is 14.1. The molecule has 1 heterocycles. The summed E-state index contributed by atoms with van der Waals surface area (Å²) in [5.41, 5.74) is 4.18. The minimum absolute atomic E-state index is 0.582. The van der Waals surface area contributed by atoms with E-state index in [1.54, 1.807) is 0 Å². The molecule has 0 spiro atoms. The number of hydrogen-bond donors (Lipinski definition) is 1. The van der Waals surface area contributed by atoms with E-state index in [4.69, 9.17) is 0 Å². The summed E-state index contributed by atoms with van der Waals surface area (Å²) in [5, 5.41) is 3.71. The average molecular weight is 442 g/mol. The molecule has 0 amide bonds. The van der Waals surface area contributed by atoms with E-state index in [1.165, 1.54) is 44.1 Å². The molecule has 1 N–H and O–H groups in total. The molecule has 1 aliphatic heterocycles. The first kappa shape index (κ1) is 14.4. The quantitative estimate of drug-likeness (QED) is 0.627. The number of fused-ring (bicyclic) bond motifs is 1. The summed E-state index contributed by atoms with van der Waals surface area (Å²) in [4.78, 5) is 0. The molecule has 1 atom stereocenters. The van der Waals surface area contributed by atoms with Gasteiger partial charge in [-0.3, -0.25) is 0 Å². The third kappa shape index (κ3) is 3.37. The van der Waals surface area contributed by atoms with Crippen LogP contribution in [0.15, 0.2) is 46.9 Å². The molecule has 3 heteroatoms. The van der Waals surface area contributed by atoms with Gasteiger partial charge in [0.1, 0.15) is 0 Å². The van der Waals surface area contributed by atoms with Crippen LogP contribution < -0.4 is 5.32 Å². The maximum Gasteiger partial charge on any atom is 0.0520 e. The lowest BCUT2D eigenvalue weighted by atomic mass is 9.94. The van der Waals surface area contributed by atoms with Gasteiger partial charge in [0.25, 0.3) is 0 Å². The monoisotopic (exact) mass is 441 g/mol. The predicted octanol–water partition coefficient (Wildman–Crippen LogP) is 5.41. The van der Waals surface area contributed by atoms with E-state index in [0.717, 1.165) is 6.42 Å².